The fraction of sp³-hybridized carbons (Fsp3) is 0.200. The van der Waals surface area contributed by atoms with E-state index >= 15 is 0 Å². The smallest absolute Gasteiger partial charge is 0.416 e. The highest BCUT2D eigenvalue weighted by Crippen LogP contribution is 2.39. The molecule has 0 spiro atoms. The lowest BCUT2D eigenvalue weighted by atomic mass is 10.1. The average Bonchev–Trinajstić information content (AvgIpc) is 2.53. The number of nitrogens with zero attached hydrogens (tertiary/aromatic N) is 1. The molecule has 0 bridgehead atoms. The minimum atomic E-state index is -4.81. The summed E-state index contributed by atoms with van der Waals surface area (Å²) in [4.78, 5) is 9.99. The maximum Gasteiger partial charge on any atom is 0.416 e. The lowest BCUT2D eigenvalue weighted by Gasteiger charge is -2.15. The Morgan fingerprint density at radius 2 is 1.46 bits per heavy atom. The molecule has 0 atom stereocenters. The normalized spacial score (nSPS) is 12.0. The third-order valence-electron chi connectivity index (χ3n) is 3.32. The summed E-state index contributed by atoms with van der Waals surface area (Å²) in [6.45, 7) is 0. The zero-order valence-corrected chi connectivity index (χ0v) is 12.9. The van der Waals surface area contributed by atoms with E-state index in [0.29, 0.717) is 18.2 Å². The Morgan fingerprint density at radius 1 is 0.923 bits per heavy atom. The lowest BCUT2D eigenvalue weighted by molar-refractivity contribution is -0.384. The summed E-state index contributed by atoms with van der Waals surface area (Å²) >= 11 is 0. The molecule has 1 N–H and O–H groups in total. The molecular formula is C15H10F6N2O3. The van der Waals surface area contributed by atoms with Gasteiger partial charge in [0.1, 0.15) is 11.4 Å². The van der Waals surface area contributed by atoms with E-state index < -0.39 is 39.8 Å². The Morgan fingerprint density at radius 3 is 1.96 bits per heavy atom. The first-order valence-electron chi connectivity index (χ1n) is 6.81. The fourth-order valence-electron chi connectivity index (χ4n) is 2.09. The highest BCUT2D eigenvalue weighted by atomic mass is 19.4. The maximum atomic E-state index is 12.8. The topological polar surface area (TPSA) is 64.4 Å². The molecule has 26 heavy (non-hydrogen) atoms. The minimum absolute atomic E-state index is 0.0767. The minimum Gasteiger partial charge on any atom is -0.495 e. The van der Waals surface area contributed by atoms with Gasteiger partial charge in [0.2, 0.25) is 0 Å². The van der Waals surface area contributed by atoms with Crippen molar-refractivity contribution in [2.24, 2.45) is 0 Å². The zero-order chi connectivity index (χ0) is 19.7. The number of methoxy groups -OCH3 is 1. The standard InChI is InChI=1S/C15H10F6N2O3/c1-26-13-5-3-8(14(16,17)18)6-11(13)22-10-4-2-9(15(19,20)21)7-12(10)23(24)25/h2-7,22H,1H3. The second-order valence-electron chi connectivity index (χ2n) is 5.02. The molecular weight excluding hydrogens is 370 g/mol. The number of nitro groups is 1. The van der Waals surface area contributed by atoms with E-state index in [0.717, 1.165) is 25.3 Å². The molecule has 0 heterocycles. The van der Waals surface area contributed by atoms with Gasteiger partial charge in [-0.3, -0.25) is 10.1 Å². The van der Waals surface area contributed by atoms with Crippen LogP contribution in [-0.2, 0) is 12.4 Å². The summed E-state index contributed by atoms with van der Waals surface area (Å²) in [6, 6.07) is 4.00. The average molecular weight is 380 g/mol. The van der Waals surface area contributed by atoms with E-state index in [-0.39, 0.29) is 11.4 Å². The number of rotatable bonds is 4. The van der Waals surface area contributed by atoms with E-state index in [1.807, 2.05) is 0 Å². The van der Waals surface area contributed by atoms with Gasteiger partial charge >= 0.3 is 12.4 Å². The van der Waals surface area contributed by atoms with Crippen molar-refractivity contribution >= 4 is 17.1 Å². The molecule has 5 nitrogen and oxygen atoms in total. The zero-order valence-electron chi connectivity index (χ0n) is 12.9. The maximum absolute atomic E-state index is 12.8. The molecule has 0 aliphatic heterocycles. The van der Waals surface area contributed by atoms with Crippen LogP contribution in [0.25, 0.3) is 0 Å². The number of nitro benzene ring substituents is 1. The van der Waals surface area contributed by atoms with Crippen molar-refractivity contribution in [2.75, 3.05) is 12.4 Å². The Bertz CT molecular complexity index is 833. The third-order valence-corrected chi connectivity index (χ3v) is 3.32. The first-order chi connectivity index (χ1) is 11.9. The number of hydrogen-bond donors (Lipinski definition) is 1. The molecule has 0 radical (unpaired) electrons. The second kappa shape index (κ2) is 6.73. The van der Waals surface area contributed by atoms with E-state index in [4.69, 9.17) is 4.74 Å². The number of hydrogen-bond acceptors (Lipinski definition) is 4. The Kier molecular flexibility index (Phi) is 5.01. The number of alkyl halides is 6. The molecule has 2 aromatic carbocycles. The highest BCUT2D eigenvalue weighted by Gasteiger charge is 2.34. The molecule has 2 rings (SSSR count). The Labute approximate surface area is 142 Å². The van der Waals surface area contributed by atoms with Gasteiger partial charge in [-0.25, -0.2) is 0 Å². The summed E-state index contributed by atoms with van der Waals surface area (Å²) in [7, 11) is 1.16. The van der Waals surface area contributed by atoms with Crippen LogP contribution in [0, 0.1) is 10.1 Å². The van der Waals surface area contributed by atoms with Crippen LogP contribution in [0.4, 0.5) is 43.4 Å². The van der Waals surface area contributed by atoms with Crippen molar-refractivity contribution in [3.8, 4) is 5.75 Å². The molecule has 0 saturated heterocycles. The third kappa shape index (κ3) is 4.16. The van der Waals surface area contributed by atoms with E-state index in [1.54, 1.807) is 0 Å². The first kappa shape index (κ1) is 19.3. The molecule has 140 valence electrons. The lowest BCUT2D eigenvalue weighted by Crippen LogP contribution is -2.08. The monoisotopic (exact) mass is 380 g/mol. The van der Waals surface area contributed by atoms with Crippen LogP contribution < -0.4 is 10.1 Å². The fourth-order valence-corrected chi connectivity index (χ4v) is 2.09. The van der Waals surface area contributed by atoms with Crippen molar-refractivity contribution in [3.05, 3.63) is 57.6 Å². The second-order valence-corrected chi connectivity index (χ2v) is 5.02. The van der Waals surface area contributed by atoms with Crippen molar-refractivity contribution < 1.29 is 36.0 Å². The molecule has 0 aromatic heterocycles. The molecule has 0 aliphatic rings. The van der Waals surface area contributed by atoms with Gasteiger partial charge in [-0.2, -0.15) is 26.3 Å². The summed E-state index contributed by atoms with van der Waals surface area (Å²) in [6.07, 6.45) is -9.49. The molecule has 11 heteroatoms. The van der Waals surface area contributed by atoms with E-state index in [1.165, 1.54) is 0 Å². The largest absolute Gasteiger partial charge is 0.495 e. The van der Waals surface area contributed by atoms with Gasteiger partial charge in [-0.05, 0) is 30.3 Å². The van der Waals surface area contributed by atoms with Crippen LogP contribution in [0.2, 0.25) is 0 Å². The van der Waals surface area contributed by atoms with Crippen LogP contribution in [-0.4, -0.2) is 12.0 Å². The molecule has 0 unspecified atom stereocenters. The van der Waals surface area contributed by atoms with Gasteiger partial charge in [0, 0.05) is 6.07 Å². The van der Waals surface area contributed by atoms with Crippen molar-refractivity contribution in [2.45, 2.75) is 12.4 Å². The van der Waals surface area contributed by atoms with Gasteiger partial charge in [0.05, 0.1) is 28.8 Å². The van der Waals surface area contributed by atoms with Crippen LogP contribution in [0.3, 0.4) is 0 Å². The van der Waals surface area contributed by atoms with Crippen molar-refractivity contribution in [1.82, 2.24) is 0 Å². The van der Waals surface area contributed by atoms with Crippen LogP contribution >= 0.6 is 0 Å². The molecule has 2 aromatic rings. The Hall–Kier alpha value is -2.98. The molecule has 0 saturated carbocycles. The molecule has 0 fully saturated rings. The number of halogens is 6. The molecule has 0 aliphatic carbocycles. The van der Waals surface area contributed by atoms with E-state index in [9.17, 15) is 36.5 Å². The van der Waals surface area contributed by atoms with E-state index in [2.05, 4.69) is 5.32 Å². The summed E-state index contributed by atoms with van der Waals surface area (Å²) in [5, 5.41) is 13.4. The van der Waals surface area contributed by atoms with Crippen LogP contribution in [0.5, 0.6) is 5.75 Å². The Balaban J connectivity index is 2.52. The van der Waals surface area contributed by atoms with Gasteiger partial charge in [0.25, 0.3) is 5.69 Å². The highest BCUT2D eigenvalue weighted by molar-refractivity contribution is 5.74. The SMILES string of the molecule is COc1ccc(C(F)(F)F)cc1Nc1ccc(C(F)(F)F)cc1[N+](=O)[O-]. The van der Waals surface area contributed by atoms with Crippen LogP contribution in [0.15, 0.2) is 36.4 Å². The van der Waals surface area contributed by atoms with Gasteiger partial charge in [-0.15, -0.1) is 0 Å². The number of nitrogens with one attached hydrogen (secondary N) is 1. The number of ether oxygens (including phenoxy) is 1. The molecule has 0 amide bonds. The van der Waals surface area contributed by atoms with Crippen molar-refractivity contribution in [1.29, 1.82) is 0 Å². The van der Waals surface area contributed by atoms with Gasteiger partial charge in [0.15, 0.2) is 0 Å². The predicted octanol–water partition coefficient (Wildman–Crippen LogP) is 5.38. The van der Waals surface area contributed by atoms with Crippen molar-refractivity contribution in [3.63, 3.8) is 0 Å². The first-order valence-corrected chi connectivity index (χ1v) is 6.81. The van der Waals surface area contributed by atoms with Crippen LogP contribution in [0.1, 0.15) is 11.1 Å². The predicted molar refractivity (Wildman–Crippen MR) is 79.4 cm³/mol. The summed E-state index contributed by atoms with van der Waals surface area (Å²) in [5.41, 5.74) is -3.97. The van der Waals surface area contributed by atoms with Gasteiger partial charge < -0.3 is 10.1 Å². The number of benzene rings is 2. The number of anilines is 2. The van der Waals surface area contributed by atoms with Gasteiger partial charge in [-0.1, -0.05) is 0 Å². The summed E-state index contributed by atoms with van der Waals surface area (Å²) < 4.78 is 81.5. The quantitative estimate of drug-likeness (QED) is 0.439. The summed E-state index contributed by atoms with van der Waals surface area (Å²) in [5.74, 6) is -0.0767.